The van der Waals surface area contributed by atoms with Gasteiger partial charge in [-0.1, -0.05) is 0 Å². The van der Waals surface area contributed by atoms with Crippen molar-refractivity contribution in [2.75, 3.05) is 13.1 Å². The molecule has 2 aromatic rings. The maximum absolute atomic E-state index is 13.9. The largest absolute Gasteiger partial charge is 0.338 e. The molecule has 22 heavy (non-hydrogen) atoms. The van der Waals surface area contributed by atoms with Crippen LogP contribution in [-0.2, 0) is 0 Å². The van der Waals surface area contributed by atoms with Gasteiger partial charge in [0.2, 0.25) is 0 Å². The Morgan fingerprint density at radius 3 is 2.73 bits per heavy atom. The molecule has 114 valence electrons. The lowest BCUT2D eigenvalue weighted by atomic mass is 9.90. The Bertz CT molecular complexity index is 676. The number of nitrogens with zero attached hydrogens (tertiary/aromatic N) is 2. The summed E-state index contributed by atoms with van der Waals surface area (Å²) in [5, 5.41) is 0. The fourth-order valence-corrected chi connectivity index (χ4v) is 2.92. The molecule has 0 aliphatic carbocycles. The van der Waals surface area contributed by atoms with Crippen molar-refractivity contribution in [2.45, 2.75) is 18.8 Å². The number of benzene rings is 1. The van der Waals surface area contributed by atoms with Gasteiger partial charge in [-0.15, -0.1) is 0 Å². The molecule has 1 aliphatic heterocycles. The first-order valence-electron chi connectivity index (χ1n) is 7.29. The van der Waals surface area contributed by atoms with Gasteiger partial charge >= 0.3 is 0 Å². The van der Waals surface area contributed by atoms with Crippen molar-refractivity contribution in [3.8, 4) is 0 Å². The van der Waals surface area contributed by atoms with Crippen molar-refractivity contribution in [1.82, 2.24) is 9.88 Å². The molecule has 3 nitrogen and oxygen atoms in total. The fraction of sp³-hybridized carbons (Fsp3) is 0.294. The molecule has 1 atom stereocenters. The van der Waals surface area contributed by atoms with Crippen LogP contribution in [-0.4, -0.2) is 28.9 Å². The highest BCUT2D eigenvalue weighted by Crippen LogP contribution is 2.29. The lowest BCUT2D eigenvalue weighted by Crippen LogP contribution is -2.39. The number of rotatable bonds is 2. The minimum atomic E-state index is -0.450. The van der Waals surface area contributed by atoms with E-state index in [9.17, 15) is 13.6 Å². The number of pyridine rings is 1. The van der Waals surface area contributed by atoms with E-state index in [2.05, 4.69) is 4.98 Å². The van der Waals surface area contributed by atoms with Crippen molar-refractivity contribution in [2.24, 2.45) is 0 Å². The second-order valence-electron chi connectivity index (χ2n) is 5.49. The molecule has 0 bridgehead atoms. The Hall–Kier alpha value is -2.30. The normalized spacial score (nSPS) is 18.3. The number of carbonyl (C=O) groups excluding carboxylic acids is 1. The van der Waals surface area contributed by atoms with Crippen LogP contribution in [0.3, 0.4) is 0 Å². The minimum Gasteiger partial charge on any atom is -0.338 e. The summed E-state index contributed by atoms with van der Waals surface area (Å²) < 4.78 is 27.3. The third kappa shape index (κ3) is 2.98. The standard InChI is InChI=1S/C17H16F2N2O/c18-14-3-4-16(19)15(10-14)13-2-1-9-21(11-13)17(22)12-5-7-20-8-6-12/h3-8,10,13H,1-2,9,11H2/t13-/m1/s1. The zero-order valence-electron chi connectivity index (χ0n) is 12.0. The van der Waals surface area contributed by atoms with Gasteiger partial charge in [0, 0.05) is 37.0 Å². The average Bonchev–Trinajstić information content (AvgIpc) is 2.57. The highest BCUT2D eigenvalue weighted by molar-refractivity contribution is 5.94. The van der Waals surface area contributed by atoms with E-state index in [-0.39, 0.29) is 11.8 Å². The Morgan fingerprint density at radius 2 is 1.95 bits per heavy atom. The summed E-state index contributed by atoms with van der Waals surface area (Å²) in [6.07, 6.45) is 4.67. The first kappa shape index (κ1) is 14.6. The molecule has 1 amide bonds. The van der Waals surface area contributed by atoms with Gasteiger partial charge in [0.25, 0.3) is 5.91 Å². The van der Waals surface area contributed by atoms with E-state index in [0.29, 0.717) is 24.2 Å². The van der Waals surface area contributed by atoms with Crippen LogP contribution in [0.4, 0.5) is 8.78 Å². The molecule has 1 aliphatic rings. The van der Waals surface area contributed by atoms with Gasteiger partial charge in [0.05, 0.1) is 0 Å². The second-order valence-corrected chi connectivity index (χ2v) is 5.49. The first-order chi connectivity index (χ1) is 10.6. The lowest BCUT2D eigenvalue weighted by molar-refractivity contribution is 0.0705. The number of hydrogen-bond acceptors (Lipinski definition) is 2. The van der Waals surface area contributed by atoms with E-state index in [4.69, 9.17) is 0 Å². The van der Waals surface area contributed by atoms with Gasteiger partial charge in [-0.2, -0.15) is 0 Å². The quantitative estimate of drug-likeness (QED) is 0.852. The van der Waals surface area contributed by atoms with Crippen LogP contribution in [0.15, 0.2) is 42.7 Å². The van der Waals surface area contributed by atoms with E-state index >= 15 is 0 Å². The van der Waals surface area contributed by atoms with Gasteiger partial charge in [0.1, 0.15) is 11.6 Å². The predicted octanol–water partition coefficient (Wildman–Crippen LogP) is 3.38. The molecule has 1 aromatic carbocycles. The lowest BCUT2D eigenvalue weighted by Gasteiger charge is -2.33. The topological polar surface area (TPSA) is 33.2 Å². The highest BCUT2D eigenvalue weighted by atomic mass is 19.1. The number of piperidine rings is 1. The summed E-state index contributed by atoms with van der Waals surface area (Å²) in [4.78, 5) is 18.1. The summed E-state index contributed by atoms with van der Waals surface area (Å²) >= 11 is 0. The number of likely N-dealkylation sites (tertiary alicyclic amines) is 1. The molecule has 1 aromatic heterocycles. The molecule has 0 spiro atoms. The summed E-state index contributed by atoms with van der Waals surface area (Å²) in [5.74, 6) is -1.13. The van der Waals surface area contributed by atoms with Crippen LogP contribution in [0, 0.1) is 11.6 Å². The highest BCUT2D eigenvalue weighted by Gasteiger charge is 2.27. The smallest absolute Gasteiger partial charge is 0.253 e. The Labute approximate surface area is 127 Å². The van der Waals surface area contributed by atoms with E-state index in [1.54, 1.807) is 29.4 Å². The summed E-state index contributed by atoms with van der Waals surface area (Å²) in [6, 6.07) is 6.82. The molecule has 1 saturated heterocycles. The van der Waals surface area contributed by atoms with Crippen LogP contribution in [0.2, 0.25) is 0 Å². The number of halogens is 2. The third-order valence-electron chi connectivity index (χ3n) is 4.03. The molecular formula is C17H16F2N2O. The third-order valence-corrected chi connectivity index (χ3v) is 4.03. The van der Waals surface area contributed by atoms with Crippen LogP contribution < -0.4 is 0 Å². The predicted molar refractivity (Wildman–Crippen MR) is 78.5 cm³/mol. The minimum absolute atomic E-state index is 0.0936. The van der Waals surface area contributed by atoms with Crippen LogP contribution in [0.25, 0.3) is 0 Å². The van der Waals surface area contributed by atoms with Crippen LogP contribution in [0.1, 0.15) is 34.7 Å². The van der Waals surface area contributed by atoms with Gasteiger partial charge < -0.3 is 4.90 Å². The molecule has 3 rings (SSSR count). The van der Waals surface area contributed by atoms with Crippen molar-refractivity contribution < 1.29 is 13.6 Å². The molecule has 1 fully saturated rings. The number of aromatic nitrogens is 1. The van der Waals surface area contributed by atoms with Crippen LogP contribution >= 0.6 is 0 Å². The van der Waals surface area contributed by atoms with Gasteiger partial charge in [0.15, 0.2) is 0 Å². The SMILES string of the molecule is O=C(c1ccncc1)N1CCC[C@@H](c2cc(F)ccc2F)C1. The second kappa shape index (κ2) is 6.22. The van der Waals surface area contributed by atoms with E-state index in [1.807, 2.05) is 0 Å². The first-order valence-corrected chi connectivity index (χ1v) is 7.29. The van der Waals surface area contributed by atoms with E-state index < -0.39 is 11.6 Å². The molecule has 5 heteroatoms. The summed E-state index contributed by atoms with van der Waals surface area (Å²) in [5.41, 5.74) is 0.919. The number of hydrogen-bond donors (Lipinski definition) is 0. The molecule has 2 heterocycles. The zero-order chi connectivity index (χ0) is 15.5. The van der Waals surface area contributed by atoms with E-state index in [1.165, 1.54) is 6.07 Å². The van der Waals surface area contributed by atoms with Crippen molar-refractivity contribution in [3.63, 3.8) is 0 Å². The Balaban J connectivity index is 1.80. The summed E-state index contributed by atoms with van der Waals surface area (Å²) in [6.45, 7) is 1.04. The molecular weight excluding hydrogens is 286 g/mol. The van der Waals surface area contributed by atoms with E-state index in [0.717, 1.165) is 25.0 Å². The van der Waals surface area contributed by atoms with Gasteiger partial charge in [-0.25, -0.2) is 8.78 Å². The van der Waals surface area contributed by atoms with Crippen LogP contribution in [0.5, 0.6) is 0 Å². The van der Waals surface area contributed by atoms with Crippen molar-refractivity contribution in [3.05, 3.63) is 65.5 Å². The molecule has 0 unspecified atom stereocenters. The van der Waals surface area contributed by atoms with Gasteiger partial charge in [-0.3, -0.25) is 9.78 Å². The van der Waals surface area contributed by atoms with Crippen molar-refractivity contribution >= 4 is 5.91 Å². The number of carbonyl (C=O) groups is 1. The Morgan fingerprint density at radius 1 is 1.18 bits per heavy atom. The summed E-state index contributed by atoms with van der Waals surface area (Å²) in [7, 11) is 0. The molecule has 0 saturated carbocycles. The fourth-order valence-electron chi connectivity index (χ4n) is 2.92. The average molecular weight is 302 g/mol. The molecule has 0 radical (unpaired) electrons. The molecule has 0 N–H and O–H groups in total. The maximum atomic E-state index is 13.9. The van der Waals surface area contributed by atoms with Gasteiger partial charge in [-0.05, 0) is 48.7 Å². The number of amides is 1. The van der Waals surface area contributed by atoms with Crippen molar-refractivity contribution in [1.29, 1.82) is 0 Å². The monoisotopic (exact) mass is 302 g/mol. The maximum Gasteiger partial charge on any atom is 0.253 e. The zero-order valence-corrected chi connectivity index (χ0v) is 12.0. The Kier molecular flexibility index (Phi) is 4.13.